The van der Waals surface area contributed by atoms with E-state index in [0.29, 0.717) is 4.77 Å². The first-order valence-electron chi connectivity index (χ1n) is 5.05. The first kappa shape index (κ1) is 11.4. The van der Waals surface area contributed by atoms with Crippen LogP contribution in [0.5, 0.6) is 0 Å². The molecule has 0 aliphatic carbocycles. The molecule has 1 heterocycles. The van der Waals surface area contributed by atoms with Crippen LogP contribution in [0.15, 0.2) is 18.2 Å². The van der Waals surface area contributed by atoms with Crippen molar-refractivity contribution in [3.63, 3.8) is 0 Å². The minimum atomic E-state index is 0.636. The molecule has 16 heavy (non-hydrogen) atoms. The Labute approximate surface area is 104 Å². The molecular weight excluding hydrogens is 242 g/mol. The molecule has 0 fully saturated rings. The van der Waals surface area contributed by atoms with Crippen LogP contribution in [0.1, 0.15) is 12.5 Å². The molecule has 2 aromatic rings. The summed E-state index contributed by atoms with van der Waals surface area (Å²) in [5.41, 5.74) is 2.04. The second-order valence-corrected chi connectivity index (χ2v) is 4.30. The van der Waals surface area contributed by atoms with Crippen molar-refractivity contribution >= 4 is 23.8 Å². The zero-order valence-corrected chi connectivity index (χ0v) is 10.7. The van der Waals surface area contributed by atoms with E-state index >= 15 is 0 Å². The van der Waals surface area contributed by atoms with E-state index in [4.69, 9.17) is 23.8 Å². The Morgan fingerprint density at radius 1 is 1.50 bits per heavy atom. The van der Waals surface area contributed by atoms with Gasteiger partial charge >= 0.3 is 0 Å². The van der Waals surface area contributed by atoms with Crippen molar-refractivity contribution in [1.29, 1.82) is 0 Å². The van der Waals surface area contributed by atoms with Crippen LogP contribution in [-0.4, -0.2) is 14.8 Å². The molecule has 0 atom stereocenters. The van der Waals surface area contributed by atoms with Gasteiger partial charge in [-0.05, 0) is 37.7 Å². The van der Waals surface area contributed by atoms with Gasteiger partial charge in [0, 0.05) is 17.1 Å². The lowest BCUT2D eigenvalue weighted by Crippen LogP contribution is -1.99. The Bertz CT molecular complexity index is 571. The topological polar surface area (TPSA) is 33.6 Å². The number of rotatable bonds is 2. The van der Waals surface area contributed by atoms with Gasteiger partial charge in [-0.15, -0.1) is 0 Å². The minimum absolute atomic E-state index is 0.636. The molecule has 2 rings (SSSR count). The maximum Gasteiger partial charge on any atom is 0.195 e. The summed E-state index contributed by atoms with van der Waals surface area (Å²) in [6.07, 6.45) is 0. The molecule has 0 saturated heterocycles. The van der Waals surface area contributed by atoms with Crippen LogP contribution >= 0.6 is 23.8 Å². The van der Waals surface area contributed by atoms with Crippen molar-refractivity contribution in [2.75, 3.05) is 0 Å². The number of hydrogen-bond donors (Lipinski definition) is 1. The van der Waals surface area contributed by atoms with Gasteiger partial charge in [-0.3, -0.25) is 5.10 Å². The van der Waals surface area contributed by atoms with Crippen molar-refractivity contribution in [2.45, 2.75) is 20.4 Å². The van der Waals surface area contributed by atoms with Crippen LogP contribution in [-0.2, 0) is 6.54 Å². The van der Waals surface area contributed by atoms with Crippen LogP contribution < -0.4 is 0 Å². The third-order valence-electron chi connectivity index (χ3n) is 2.58. The van der Waals surface area contributed by atoms with E-state index in [-0.39, 0.29) is 0 Å². The fraction of sp³-hybridized carbons (Fsp3) is 0.273. The number of halogens is 1. The molecule has 5 heteroatoms. The van der Waals surface area contributed by atoms with E-state index < -0.39 is 0 Å². The Kier molecular flexibility index (Phi) is 3.12. The van der Waals surface area contributed by atoms with Gasteiger partial charge in [0.2, 0.25) is 0 Å². The molecular formula is C11H12ClN3S. The summed E-state index contributed by atoms with van der Waals surface area (Å²) in [4.78, 5) is 0. The summed E-state index contributed by atoms with van der Waals surface area (Å²) < 4.78 is 2.59. The predicted molar refractivity (Wildman–Crippen MR) is 68.3 cm³/mol. The van der Waals surface area contributed by atoms with Gasteiger partial charge in [0.25, 0.3) is 0 Å². The summed E-state index contributed by atoms with van der Waals surface area (Å²) in [7, 11) is 0. The Morgan fingerprint density at radius 2 is 2.25 bits per heavy atom. The molecule has 0 spiro atoms. The Hall–Kier alpha value is -1.13. The average molecular weight is 254 g/mol. The van der Waals surface area contributed by atoms with Crippen molar-refractivity contribution in [1.82, 2.24) is 14.8 Å². The van der Waals surface area contributed by atoms with E-state index in [9.17, 15) is 0 Å². The monoisotopic (exact) mass is 253 g/mol. The van der Waals surface area contributed by atoms with Crippen molar-refractivity contribution in [3.05, 3.63) is 33.6 Å². The zero-order valence-electron chi connectivity index (χ0n) is 9.12. The number of nitrogens with one attached hydrogen (secondary N) is 1. The Morgan fingerprint density at radius 3 is 2.94 bits per heavy atom. The molecule has 0 amide bonds. The lowest BCUT2D eigenvalue weighted by atomic mass is 10.1. The third-order valence-corrected chi connectivity index (χ3v) is 3.30. The number of nitrogens with zero attached hydrogens (tertiary/aromatic N) is 2. The van der Waals surface area contributed by atoms with E-state index in [2.05, 4.69) is 10.2 Å². The standard InChI is InChI=1S/C11H12ClN3S/c1-3-15-10(13-14-11(15)16)8-5-4-6-9(12)7(8)2/h4-6H,3H2,1-2H3,(H,14,16). The SMILES string of the molecule is CCn1c(-c2cccc(Cl)c2C)n[nH]c1=S. The molecule has 84 valence electrons. The summed E-state index contributed by atoms with van der Waals surface area (Å²) in [6, 6.07) is 5.79. The van der Waals surface area contributed by atoms with Gasteiger partial charge in [-0.2, -0.15) is 5.10 Å². The second-order valence-electron chi connectivity index (χ2n) is 3.51. The average Bonchev–Trinajstić information content (AvgIpc) is 2.63. The van der Waals surface area contributed by atoms with Crippen LogP contribution in [0.3, 0.4) is 0 Å². The third kappa shape index (κ3) is 1.79. The van der Waals surface area contributed by atoms with Crippen LogP contribution in [0.2, 0.25) is 5.02 Å². The number of hydrogen-bond acceptors (Lipinski definition) is 2. The molecule has 0 unspecified atom stereocenters. The number of aromatic amines is 1. The molecule has 1 aromatic heterocycles. The first-order valence-corrected chi connectivity index (χ1v) is 5.84. The first-order chi connectivity index (χ1) is 7.65. The van der Waals surface area contributed by atoms with E-state index in [1.807, 2.05) is 36.6 Å². The summed E-state index contributed by atoms with van der Waals surface area (Å²) >= 11 is 11.3. The molecule has 0 saturated carbocycles. The van der Waals surface area contributed by atoms with Crippen molar-refractivity contribution in [2.24, 2.45) is 0 Å². The van der Waals surface area contributed by atoms with Crippen LogP contribution in [0, 0.1) is 11.7 Å². The highest BCUT2D eigenvalue weighted by Crippen LogP contribution is 2.26. The van der Waals surface area contributed by atoms with Gasteiger partial charge in [-0.1, -0.05) is 23.7 Å². The molecule has 0 radical (unpaired) electrons. The van der Waals surface area contributed by atoms with Gasteiger partial charge in [0.05, 0.1) is 0 Å². The molecule has 1 N–H and O–H groups in total. The molecule has 0 aliphatic heterocycles. The van der Waals surface area contributed by atoms with Gasteiger partial charge < -0.3 is 4.57 Å². The second kappa shape index (κ2) is 4.39. The fourth-order valence-corrected chi connectivity index (χ4v) is 2.10. The normalized spacial score (nSPS) is 10.7. The Balaban J connectivity index is 2.68. The van der Waals surface area contributed by atoms with E-state index in [1.165, 1.54) is 0 Å². The highest BCUT2D eigenvalue weighted by atomic mass is 35.5. The van der Waals surface area contributed by atoms with Gasteiger partial charge in [0.15, 0.2) is 10.6 Å². The van der Waals surface area contributed by atoms with Crippen molar-refractivity contribution in [3.8, 4) is 11.4 Å². The number of benzene rings is 1. The summed E-state index contributed by atoms with van der Waals surface area (Å²) in [5, 5.41) is 7.80. The largest absolute Gasteiger partial charge is 0.300 e. The molecule has 0 aliphatic rings. The highest BCUT2D eigenvalue weighted by molar-refractivity contribution is 7.71. The smallest absolute Gasteiger partial charge is 0.195 e. The predicted octanol–water partition coefficient (Wildman–Crippen LogP) is 3.59. The quantitative estimate of drug-likeness (QED) is 0.830. The zero-order chi connectivity index (χ0) is 11.7. The lowest BCUT2D eigenvalue weighted by molar-refractivity contribution is 0.755. The summed E-state index contributed by atoms with van der Waals surface area (Å²) in [5.74, 6) is 0.840. The maximum absolute atomic E-state index is 6.09. The maximum atomic E-state index is 6.09. The minimum Gasteiger partial charge on any atom is -0.300 e. The summed E-state index contributed by atoms with van der Waals surface area (Å²) in [6.45, 7) is 4.81. The molecule has 0 bridgehead atoms. The fourth-order valence-electron chi connectivity index (χ4n) is 1.67. The van der Waals surface area contributed by atoms with Gasteiger partial charge in [0.1, 0.15) is 0 Å². The highest BCUT2D eigenvalue weighted by Gasteiger charge is 2.11. The van der Waals surface area contributed by atoms with Crippen LogP contribution in [0.4, 0.5) is 0 Å². The number of H-pyrrole nitrogens is 1. The molecule has 3 nitrogen and oxygen atoms in total. The van der Waals surface area contributed by atoms with Crippen molar-refractivity contribution < 1.29 is 0 Å². The van der Waals surface area contributed by atoms with Crippen LogP contribution in [0.25, 0.3) is 11.4 Å². The number of aromatic nitrogens is 3. The lowest BCUT2D eigenvalue weighted by Gasteiger charge is -2.07. The van der Waals surface area contributed by atoms with Gasteiger partial charge in [-0.25, -0.2) is 0 Å². The van der Waals surface area contributed by atoms with E-state index in [1.54, 1.807) is 0 Å². The molecule has 1 aromatic carbocycles. The van der Waals surface area contributed by atoms with E-state index in [0.717, 1.165) is 28.5 Å².